The molecule has 0 amide bonds. The van der Waals surface area contributed by atoms with E-state index in [1.165, 1.54) is 0 Å². The normalized spacial score (nSPS) is 11.6. The Labute approximate surface area is 171 Å². The molecule has 3 rings (SSSR count). The van der Waals surface area contributed by atoms with Gasteiger partial charge in [-0.2, -0.15) is 5.10 Å². The van der Waals surface area contributed by atoms with Gasteiger partial charge in [-0.1, -0.05) is 17.7 Å². The summed E-state index contributed by atoms with van der Waals surface area (Å²) in [5.41, 5.74) is 4.87. The number of sulfonamides is 1. The van der Waals surface area contributed by atoms with Crippen molar-refractivity contribution in [1.29, 1.82) is 0 Å². The van der Waals surface area contributed by atoms with Crippen LogP contribution in [-0.2, 0) is 10.0 Å². The first-order valence-corrected chi connectivity index (χ1v) is 10.8. The van der Waals surface area contributed by atoms with Crippen LogP contribution in [0.25, 0.3) is 5.82 Å². The van der Waals surface area contributed by atoms with Crippen molar-refractivity contribution in [3.8, 4) is 5.82 Å². The number of anilines is 1. The summed E-state index contributed by atoms with van der Waals surface area (Å²) in [6.07, 6.45) is 0. The molecule has 1 aromatic carbocycles. The van der Waals surface area contributed by atoms with E-state index in [9.17, 15) is 8.42 Å². The van der Waals surface area contributed by atoms with Crippen LogP contribution in [0.1, 0.15) is 28.1 Å². The molecule has 2 N–H and O–H groups in total. The SMILES string of the molecule is Cc1ccc(S(=O)(=O)NCCNc2ccc(-n3nc(C)c(C)c3C)nn2)c(C)c1. The quantitative estimate of drug-likeness (QED) is 0.576. The lowest BCUT2D eigenvalue weighted by molar-refractivity contribution is 0.582. The minimum Gasteiger partial charge on any atom is -0.367 e. The molecule has 0 unspecified atom stereocenters. The van der Waals surface area contributed by atoms with Gasteiger partial charge in [-0.3, -0.25) is 0 Å². The Morgan fingerprint density at radius 2 is 1.72 bits per heavy atom. The van der Waals surface area contributed by atoms with E-state index in [-0.39, 0.29) is 6.54 Å². The second-order valence-corrected chi connectivity index (χ2v) is 8.81. The summed E-state index contributed by atoms with van der Waals surface area (Å²) in [6.45, 7) is 10.3. The van der Waals surface area contributed by atoms with Gasteiger partial charge in [0, 0.05) is 18.8 Å². The second kappa shape index (κ2) is 8.30. The average molecular weight is 415 g/mol. The average Bonchev–Trinajstić information content (AvgIpc) is 2.93. The van der Waals surface area contributed by atoms with E-state index in [0.717, 1.165) is 28.1 Å². The molecule has 29 heavy (non-hydrogen) atoms. The Balaban J connectivity index is 1.57. The molecule has 0 aliphatic carbocycles. The van der Waals surface area contributed by atoms with E-state index in [1.54, 1.807) is 29.8 Å². The molecule has 0 atom stereocenters. The van der Waals surface area contributed by atoms with Gasteiger partial charge in [0.05, 0.1) is 10.6 Å². The number of nitrogens with zero attached hydrogens (tertiary/aromatic N) is 4. The molecule has 0 saturated heterocycles. The predicted octanol–water partition coefficient (Wildman–Crippen LogP) is 2.59. The Morgan fingerprint density at radius 3 is 2.31 bits per heavy atom. The Hall–Kier alpha value is -2.78. The van der Waals surface area contributed by atoms with Gasteiger partial charge < -0.3 is 5.32 Å². The lowest BCUT2D eigenvalue weighted by Gasteiger charge is -2.11. The zero-order valence-corrected chi connectivity index (χ0v) is 18.1. The molecule has 9 heteroatoms. The molecule has 0 radical (unpaired) electrons. The smallest absolute Gasteiger partial charge is 0.240 e. The summed E-state index contributed by atoms with van der Waals surface area (Å²) >= 11 is 0. The lowest BCUT2D eigenvalue weighted by Crippen LogP contribution is -2.29. The van der Waals surface area contributed by atoms with Crippen LogP contribution in [0.5, 0.6) is 0 Å². The number of nitrogens with one attached hydrogen (secondary N) is 2. The van der Waals surface area contributed by atoms with Crippen molar-refractivity contribution in [2.75, 3.05) is 18.4 Å². The second-order valence-electron chi connectivity index (χ2n) is 7.08. The molecular weight excluding hydrogens is 388 g/mol. The van der Waals surface area contributed by atoms with Crippen LogP contribution in [0.4, 0.5) is 5.82 Å². The molecule has 3 aromatic rings. The predicted molar refractivity (Wildman–Crippen MR) is 113 cm³/mol. The maximum absolute atomic E-state index is 12.5. The van der Waals surface area contributed by atoms with Gasteiger partial charge in [-0.05, 0) is 63.9 Å². The summed E-state index contributed by atoms with van der Waals surface area (Å²) in [4.78, 5) is 0.299. The summed E-state index contributed by atoms with van der Waals surface area (Å²) in [7, 11) is -3.55. The lowest BCUT2D eigenvalue weighted by atomic mass is 10.2. The summed E-state index contributed by atoms with van der Waals surface area (Å²) < 4.78 is 29.3. The van der Waals surface area contributed by atoms with E-state index in [0.29, 0.717) is 23.1 Å². The third-order valence-corrected chi connectivity index (χ3v) is 6.48. The third kappa shape index (κ3) is 4.63. The van der Waals surface area contributed by atoms with Crippen LogP contribution >= 0.6 is 0 Å². The van der Waals surface area contributed by atoms with Crippen LogP contribution in [0, 0.1) is 34.6 Å². The van der Waals surface area contributed by atoms with Gasteiger partial charge in [-0.25, -0.2) is 17.8 Å². The summed E-state index contributed by atoms with van der Waals surface area (Å²) in [5, 5.41) is 15.9. The van der Waals surface area contributed by atoms with Crippen LogP contribution in [0.15, 0.2) is 35.2 Å². The van der Waals surface area contributed by atoms with E-state index in [2.05, 4.69) is 25.3 Å². The molecular formula is C20H26N6O2S. The highest BCUT2D eigenvalue weighted by atomic mass is 32.2. The molecule has 0 aliphatic heterocycles. The molecule has 0 aliphatic rings. The molecule has 0 spiro atoms. The van der Waals surface area contributed by atoms with Gasteiger partial charge in [0.2, 0.25) is 10.0 Å². The van der Waals surface area contributed by atoms with Crippen LogP contribution in [0.2, 0.25) is 0 Å². The van der Waals surface area contributed by atoms with Gasteiger partial charge in [-0.15, -0.1) is 10.2 Å². The van der Waals surface area contributed by atoms with E-state index >= 15 is 0 Å². The van der Waals surface area contributed by atoms with E-state index < -0.39 is 10.0 Å². The summed E-state index contributed by atoms with van der Waals surface area (Å²) in [5.74, 6) is 1.21. The van der Waals surface area contributed by atoms with Crippen LogP contribution in [0.3, 0.4) is 0 Å². The highest BCUT2D eigenvalue weighted by molar-refractivity contribution is 7.89. The maximum atomic E-state index is 12.5. The number of aromatic nitrogens is 4. The number of benzene rings is 1. The standard InChI is InChI=1S/C20H26N6O2S/c1-13-6-7-18(14(2)12-13)29(27,28)22-11-10-21-19-8-9-20(24-23-19)26-17(5)15(3)16(4)25-26/h6-9,12,22H,10-11H2,1-5H3,(H,21,23). The van der Waals surface area contributed by atoms with Crippen molar-refractivity contribution in [3.05, 3.63) is 58.4 Å². The van der Waals surface area contributed by atoms with Gasteiger partial charge in [0.1, 0.15) is 5.82 Å². The number of aryl methyl sites for hydroxylation is 3. The van der Waals surface area contributed by atoms with E-state index in [4.69, 9.17) is 0 Å². The third-order valence-electron chi connectivity index (χ3n) is 4.86. The molecule has 2 aromatic heterocycles. The first kappa shape index (κ1) is 20.9. The largest absolute Gasteiger partial charge is 0.367 e. The molecule has 0 saturated carbocycles. The maximum Gasteiger partial charge on any atom is 0.240 e. The fourth-order valence-electron chi connectivity index (χ4n) is 3.03. The molecule has 2 heterocycles. The van der Waals surface area contributed by atoms with Crippen molar-refractivity contribution in [3.63, 3.8) is 0 Å². The first-order valence-electron chi connectivity index (χ1n) is 9.37. The van der Waals surface area contributed by atoms with Gasteiger partial charge in [0.15, 0.2) is 5.82 Å². The highest BCUT2D eigenvalue weighted by Gasteiger charge is 2.16. The molecule has 0 bridgehead atoms. The fourth-order valence-corrected chi connectivity index (χ4v) is 4.29. The minimum atomic E-state index is -3.55. The Bertz CT molecular complexity index is 1120. The van der Waals surface area contributed by atoms with E-state index in [1.807, 2.05) is 39.8 Å². The van der Waals surface area contributed by atoms with Crippen molar-refractivity contribution in [2.24, 2.45) is 0 Å². The van der Waals surface area contributed by atoms with Crippen LogP contribution in [-0.4, -0.2) is 41.5 Å². The minimum absolute atomic E-state index is 0.232. The monoisotopic (exact) mass is 414 g/mol. The van der Waals surface area contributed by atoms with Gasteiger partial charge >= 0.3 is 0 Å². The van der Waals surface area contributed by atoms with Crippen LogP contribution < -0.4 is 10.0 Å². The number of rotatable bonds is 7. The van der Waals surface area contributed by atoms with Crippen molar-refractivity contribution < 1.29 is 8.42 Å². The van der Waals surface area contributed by atoms with Crippen molar-refractivity contribution in [1.82, 2.24) is 24.7 Å². The zero-order valence-electron chi connectivity index (χ0n) is 17.3. The zero-order chi connectivity index (χ0) is 21.2. The number of hydrogen-bond donors (Lipinski definition) is 2. The first-order chi connectivity index (χ1) is 13.7. The number of hydrogen-bond acceptors (Lipinski definition) is 6. The molecule has 0 fully saturated rings. The fraction of sp³-hybridized carbons (Fsp3) is 0.350. The molecule has 8 nitrogen and oxygen atoms in total. The Morgan fingerprint density at radius 1 is 0.966 bits per heavy atom. The van der Waals surface area contributed by atoms with Crippen molar-refractivity contribution in [2.45, 2.75) is 39.5 Å². The topological polar surface area (TPSA) is 102 Å². The molecule has 154 valence electrons. The van der Waals surface area contributed by atoms with Crippen molar-refractivity contribution >= 4 is 15.8 Å². The summed E-state index contributed by atoms with van der Waals surface area (Å²) in [6, 6.07) is 8.90. The highest BCUT2D eigenvalue weighted by Crippen LogP contribution is 2.17. The Kier molecular flexibility index (Phi) is 5.99. The van der Waals surface area contributed by atoms with Gasteiger partial charge in [0.25, 0.3) is 0 Å².